The maximum atomic E-state index is 13.1. The van der Waals surface area contributed by atoms with Crippen molar-refractivity contribution in [1.82, 2.24) is 18.9 Å². The Balaban J connectivity index is 1.51. The van der Waals surface area contributed by atoms with Crippen molar-refractivity contribution in [1.29, 1.82) is 0 Å². The highest BCUT2D eigenvalue weighted by Crippen LogP contribution is 2.61. The highest BCUT2D eigenvalue weighted by atomic mass is 31.2. The summed E-state index contributed by atoms with van der Waals surface area (Å²) in [6, 6.07) is 0. The van der Waals surface area contributed by atoms with Gasteiger partial charge in [0.15, 0.2) is 0 Å². The van der Waals surface area contributed by atoms with Crippen LogP contribution in [0.25, 0.3) is 0 Å². The van der Waals surface area contributed by atoms with Crippen molar-refractivity contribution in [2.24, 2.45) is 0 Å². The van der Waals surface area contributed by atoms with Crippen LogP contribution in [0.2, 0.25) is 0 Å². The molecule has 0 aromatic carbocycles. The predicted octanol–water partition coefficient (Wildman–Crippen LogP) is -0.180. The number of aromatic amines is 1. The zero-order valence-electron chi connectivity index (χ0n) is 15.7. The van der Waals surface area contributed by atoms with Crippen LogP contribution in [0.4, 0.5) is 0 Å². The van der Waals surface area contributed by atoms with Crippen LogP contribution in [0.15, 0.2) is 15.8 Å². The largest absolute Gasteiger partial charge is 0.460 e. The minimum atomic E-state index is -3.04. The van der Waals surface area contributed by atoms with Crippen LogP contribution in [0.3, 0.4) is 0 Å². The molecule has 12 heteroatoms. The molecule has 1 N–H and O–H groups in total. The fourth-order valence-corrected chi connectivity index (χ4v) is 5.48. The zero-order valence-corrected chi connectivity index (χ0v) is 16.6. The molecule has 0 radical (unpaired) electrons. The lowest BCUT2D eigenvalue weighted by molar-refractivity contribution is -0.150. The second-order valence-corrected chi connectivity index (χ2v) is 9.56. The smallest absolute Gasteiger partial charge is 0.346 e. The lowest BCUT2D eigenvalue weighted by atomic mass is 10.2. The molecule has 0 bridgehead atoms. The van der Waals surface area contributed by atoms with E-state index in [0.717, 1.165) is 26.2 Å². The molecule has 3 aliphatic rings. The maximum Gasteiger partial charge on any atom is 0.346 e. The highest BCUT2D eigenvalue weighted by Gasteiger charge is 2.50. The summed E-state index contributed by atoms with van der Waals surface area (Å²) in [7, 11) is -3.04. The van der Waals surface area contributed by atoms with Crippen LogP contribution in [0.1, 0.15) is 25.1 Å². The van der Waals surface area contributed by atoms with E-state index in [2.05, 4.69) is 4.98 Å². The summed E-state index contributed by atoms with van der Waals surface area (Å²) in [5.74, 6) is -0.482. The SMILES string of the molecule is CC(=O)O[C@H]1C[C@H](n2cc(C)c(=O)[nH]c2=O)O[C@@H]1COP(=O)(N1CC1)N1CC1. The monoisotopic (exact) mass is 414 g/mol. The molecular formula is C16H23N4O7P. The number of nitrogens with zero attached hydrogens (tertiary/aromatic N) is 3. The second-order valence-electron chi connectivity index (χ2n) is 7.19. The average molecular weight is 414 g/mol. The summed E-state index contributed by atoms with van der Waals surface area (Å²) in [5.41, 5.74) is -0.712. The Morgan fingerprint density at radius 2 is 1.93 bits per heavy atom. The minimum Gasteiger partial charge on any atom is -0.460 e. The number of ether oxygens (including phenoxy) is 2. The van der Waals surface area contributed by atoms with Gasteiger partial charge in [0.25, 0.3) is 5.56 Å². The average Bonchev–Trinajstić information content (AvgIpc) is 3.52. The number of hydrogen-bond donors (Lipinski definition) is 1. The summed E-state index contributed by atoms with van der Waals surface area (Å²) in [4.78, 5) is 37.5. The molecular weight excluding hydrogens is 391 g/mol. The van der Waals surface area contributed by atoms with E-state index in [1.54, 1.807) is 16.3 Å². The normalized spacial score (nSPS) is 27.7. The van der Waals surface area contributed by atoms with Gasteiger partial charge in [-0.05, 0) is 6.92 Å². The van der Waals surface area contributed by atoms with Gasteiger partial charge in [0.1, 0.15) is 18.4 Å². The van der Waals surface area contributed by atoms with Crippen LogP contribution >= 0.6 is 7.67 Å². The first-order chi connectivity index (χ1) is 13.3. The van der Waals surface area contributed by atoms with Crippen molar-refractivity contribution in [3.8, 4) is 0 Å². The van der Waals surface area contributed by atoms with Gasteiger partial charge in [-0.15, -0.1) is 0 Å². The Kier molecular flexibility index (Phi) is 5.05. The molecule has 1 aromatic heterocycles. The molecule has 3 saturated heterocycles. The first kappa shape index (κ1) is 19.5. The molecule has 0 unspecified atom stereocenters. The fraction of sp³-hybridized carbons (Fsp3) is 0.688. The molecule has 28 heavy (non-hydrogen) atoms. The van der Waals surface area contributed by atoms with Gasteiger partial charge in [0, 0.05) is 51.3 Å². The van der Waals surface area contributed by atoms with Crippen molar-refractivity contribution in [2.75, 3.05) is 32.8 Å². The van der Waals surface area contributed by atoms with Gasteiger partial charge in [-0.2, -0.15) is 0 Å². The Labute approximate surface area is 160 Å². The van der Waals surface area contributed by atoms with E-state index in [0.29, 0.717) is 5.56 Å². The summed E-state index contributed by atoms with van der Waals surface area (Å²) >= 11 is 0. The van der Waals surface area contributed by atoms with Crippen LogP contribution in [-0.2, 0) is 23.4 Å². The summed E-state index contributed by atoms with van der Waals surface area (Å²) in [5, 5.41) is 0. The van der Waals surface area contributed by atoms with Gasteiger partial charge in [0.2, 0.25) is 0 Å². The van der Waals surface area contributed by atoms with E-state index in [1.165, 1.54) is 17.7 Å². The molecule has 154 valence electrons. The predicted molar refractivity (Wildman–Crippen MR) is 96.8 cm³/mol. The van der Waals surface area contributed by atoms with E-state index in [9.17, 15) is 18.9 Å². The molecule has 3 aliphatic heterocycles. The molecule has 1 aromatic rings. The van der Waals surface area contributed by atoms with Crippen molar-refractivity contribution in [3.05, 3.63) is 32.6 Å². The number of nitrogens with one attached hydrogen (secondary N) is 1. The van der Waals surface area contributed by atoms with Gasteiger partial charge < -0.3 is 14.0 Å². The third-order valence-electron chi connectivity index (χ3n) is 4.92. The Hall–Kier alpha value is -1.78. The molecule has 0 aliphatic carbocycles. The lowest BCUT2D eigenvalue weighted by Crippen LogP contribution is -2.33. The van der Waals surface area contributed by atoms with Crippen LogP contribution in [0.5, 0.6) is 0 Å². The number of rotatable bonds is 7. The Bertz CT molecular complexity index is 920. The second kappa shape index (κ2) is 7.23. The van der Waals surface area contributed by atoms with E-state index in [4.69, 9.17) is 14.0 Å². The maximum absolute atomic E-state index is 13.1. The number of carbonyl (C=O) groups excluding carboxylic acids is 1. The third-order valence-corrected chi connectivity index (χ3v) is 7.64. The van der Waals surface area contributed by atoms with E-state index in [1.807, 2.05) is 0 Å². The van der Waals surface area contributed by atoms with E-state index < -0.39 is 43.3 Å². The van der Waals surface area contributed by atoms with E-state index >= 15 is 0 Å². The zero-order chi connectivity index (χ0) is 20.1. The van der Waals surface area contributed by atoms with Crippen molar-refractivity contribution in [2.45, 2.75) is 38.7 Å². The quantitative estimate of drug-likeness (QED) is 0.368. The molecule has 4 heterocycles. The number of carbonyl (C=O) groups is 1. The van der Waals surface area contributed by atoms with E-state index in [-0.39, 0.29) is 13.0 Å². The number of H-pyrrole nitrogens is 1. The molecule has 0 spiro atoms. The van der Waals surface area contributed by atoms with Crippen LogP contribution < -0.4 is 11.2 Å². The van der Waals surface area contributed by atoms with Crippen molar-refractivity contribution >= 4 is 13.6 Å². The molecule has 11 nitrogen and oxygen atoms in total. The van der Waals surface area contributed by atoms with Gasteiger partial charge in [0.05, 0.1) is 6.61 Å². The number of aromatic nitrogens is 2. The van der Waals surface area contributed by atoms with Crippen LogP contribution in [-0.4, -0.2) is 69.9 Å². The topological polar surface area (TPSA) is 123 Å². The van der Waals surface area contributed by atoms with Gasteiger partial charge in [-0.1, -0.05) is 0 Å². The van der Waals surface area contributed by atoms with Gasteiger partial charge in [-0.25, -0.2) is 14.1 Å². The summed E-state index contributed by atoms with van der Waals surface area (Å²) in [6.45, 7) is 5.73. The van der Waals surface area contributed by atoms with Crippen molar-refractivity contribution < 1.29 is 23.4 Å². The third kappa shape index (κ3) is 3.85. The summed E-state index contributed by atoms with van der Waals surface area (Å²) in [6.07, 6.45) is -0.435. The first-order valence-corrected chi connectivity index (χ1v) is 10.7. The molecule has 4 rings (SSSR count). The standard InChI is InChI=1S/C16H23N4O7P/c1-10-8-20(16(23)17-15(10)22)14-7-12(26-11(2)21)13(27-14)9-25-28(24,18-3-4-18)19-5-6-19/h8,12-14H,3-7,9H2,1-2H3,(H,17,22,23)/t12-,13+,14+/m0/s1. The Morgan fingerprint density at radius 1 is 1.29 bits per heavy atom. The highest BCUT2D eigenvalue weighted by molar-refractivity contribution is 7.54. The first-order valence-electron chi connectivity index (χ1n) is 9.18. The number of hydrogen-bond acceptors (Lipinski definition) is 7. The van der Waals surface area contributed by atoms with Gasteiger partial charge in [-0.3, -0.25) is 23.7 Å². The number of esters is 1. The molecule has 0 amide bonds. The van der Waals surface area contributed by atoms with Gasteiger partial charge >= 0.3 is 19.3 Å². The minimum absolute atomic E-state index is 0.0319. The number of aryl methyl sites for hydroxylation is 1. The Morgan fingerprint density at radius 3 is 2.50 bits per heavy atom. The lowest BCUT2D eigenvalue weighted by Gasteiger charge is -2.24. The van der Waals surface area contributed by atoms with Crippen molar-refractivity contribution in [3.63, 3.8) is 0 Å². The molecule has 3 atom stereocenters. The summed E-state index contributed by atoms with van der Waals surface area (Å²) < 4.78 is 34.9. The molecule has 0 saturated carbocycles. The van der Waals surface area contributed by atoms with Crippen LogP contribution in [0, 0.1) is 6.92 Å². The molecule has 3 fully saturated rings. The fourth-order valence-electron chi connectivity index (χ4n) is 3.27.